The van der Waals surface area contributed by atoms with Gasteiger partial charge in [0, 0.05) is 23.9 Å². The first-order valence-corrected chi connectivity index (χ1v) is 8.87. The fraction of sp³-hybridized carbons (Fsp3) is 0.529. The Bertz CT molecular complexity index is 662. The van der Waals surface area contributed by atoms with Crippen LogP contribution in [0.25, 0.3) is 0 Å². The van der Waals surface area contributed by atoms with Crippen molar-refractivity contribution >= 4 is 29.3 Å². The maximum Gasteiger partial charge on any atom is 0.250 e. The van der Waals surface area contributed by atoms with E-state index in [1.165, 1.54) is 5.56 Å². The van der Waals surface area contributed by atoms with Crippen LogP contribution in [0.1, 0.15) is 32.3 Å². The molecule has 1 aromatic rings. The summed E-state index contributed by atoms with van der Waals surface area (Å²) in [4.78, 5) is 29.0. The van der Waals surface area contributed by atoms with E-state index in [0.29, 0.717) is 12.2 Å². The van der Waals surface area contributed by atoms with Crippen molar-refractivity contribution in [2.75, 3.05) is 10.7 Å². The van der Waals surface area contributed by atoms with Crippen LogP contribution >= 0.6 is 11.8 Å². The SMILES string of the molecule is C[C@@H]1Cc2ccccc2N1C(=O)[C@@H]1CS[C@@]2(C)CCC(=O)N12. The van der Waals surface area contributed by atoms with E-state index in [1.807, 2.05) is 28.0 Å². The van der Waals surface area contributed by atoms with Gasteiger partial charge in [-0.2, -0.15) is 0 Å². The Balaban J connectivity index is 1.67. The molecule has 0 saturated carbocycles. The Morgan fingerprint density at radius 2 is 2.14 bits per heavy atom. The van der Waals surface area contributed by atoms with Gasteiger partial charge in [0.1, 0.15) is 6.04 Å². The van der Waals surface area contributed by atoms with E-state index >= 15 is 0 Å². The van der Waals surface area contributed by atoms with E-state index in [4.69, 9.17) is 0 Å². The fourth-order valence-electron chi connectivity index (χ4n) is 4.07. The van der Waals surface area contributed by atoms with Crippen molar-refractivity contribution < 1.29 is 9.59 Å². The molecule has 0 unspecified atom stereocenters. The molecule has 4 rings (SSSR count). The van der Waals surface area contributed by atoms with Crippen LogP contribution in [0.3, 0.4) is 0 Å². The summed E-state index contributed by atoms with van der Waals surface area (Å²) < 4.78 is 0. The minimum Gasteiger partial charge on any atom is -0.315 e. The molecule has 0 aromatic heterocycles. The van der Waals surface area contributed by atoms with Crippen LogP contribution in [-0.4, -0.2) is 39.4 Å². The van der Waals surface area contributed by atoms with Crippen molar-refractivity contribution in [3.63, 3.8) is 0 Å². The number of hydrogen-bond acceptors (Lipinski definition) is 3. The van der Waals surface area contributed by atoms with Crippen molar-refractivity contribution in [2.45, 2.75) is 50.1 Å². The summed E-state index contributed by atoms with van der Waals surface area (Å²) in [5, 5.41) is 0. The van der Waals surface area contributed by atoms with Crippen molar-refractivity contribution in [3.05, 3.63) is 29.8 Å². The van der Waals surface area contributed by atoms with E-state index in [9.17, 15) is 9.59 Å². The van der Waals surface area contributed by atoms with Gasteiger partial charge in [-0.3, -0.25) is 9.59 Å². The third-order valence-electron chi connectivity index (χ3n) is 5.17. The van der Waals surface area contributed by atoms with Crippen LogP contribution < -0.4 is 4.90 Å². The number of rotatable bonds is 1. The zero-order valence-corrected chi connectivity index (χ0v) is 13.7. The van der Waals surface area contributed by atoms with E-state index in [-0.39, 0.29) is 28.8 Å². The van der Waals surface area contributed by atoms with E-state index in [2.05, 4.69) is 19.9 Å². The Morgan fingerprint density at radius 1 is 1.36 bits per heavy atom. The molecule has 1 aromatic carbocycles. The molecule has 116 valence electrons. The highest BCUT2D eigenvalue weighted by molar-refractivity contribution is 8.01. The first-order valence-electron chi connectivity index (χ1n) is 7.88. The predicted molar refractivity (Wildman–Crippen MR) is 87.8 cm³/mol. The van der Waals surface area contributed by atoms with Crippen LogP contribution in [0.2, 0.25) is 0 Å². The fourth-order valence-corrected chi connectivity index (χ4v) is 5.49. The number of para-hydroxylation sites is 1. The van der Waals surface area contributed by atoms with E-state index in [0.717, 1.165) is 18.5 Å². The van der Waals surface area contributed by atoms with Crippen molar-refractivity contribution in [3.8, 4) is 0 Å². The summed E-state index contributed by atoms with van der Waals surface area (Å²) in [7, 11) is 0. The van der Waals surface area contributed by atoms with Gasteiger partial charge in [0.15, 0.2) is 0 Å². The molecule has 3 aliphatic heterocycles. The summed E-state index contributed by atoms with van der Waals surface area (Å²) >= 11 is 1.75. The van der Waals surface area contributed by atoms with Crippen LogP contribution in [-0.2, 0) is 16.0 Å². The highest BCUT2D eigenvalue weighted by Gasteiger charge is 2.54. The van der Waals surface area contributed by atoms with Crippen LogP contribution in [0.15, 0.2) is 24.3 Å². The lowest BCUT2D eigenvalue weighted by Crippen LogP contribution is -2.52. The monoisotopic (exact) mass is 316 g/mol. The smallest absolute Gasteiger partial charge is 0.250 e. The molecule has 3 atom stereocenters. The number of carbonyl (C=O) groups is 2. The van der Waals surface area contributed by atoms with Gasteiger partial charge in [-0.05, 0) is 38.3 Å². The molecule has 0 spiro atoms. The standard InChI is InChI=1S/C17H20N2O2S/c1-11-9-12-5-3-4-6-13(12)18(11)16(21)14-10-22-17(2)8-7-15(20)19(14)17/h3-6,11,14H,7-10H2,1-2H3/t11-,14+,17+/m1/s1. The second-order valence-electron chi connectivity index (χ2n) is 6.66. The number of nitrogens with zero attached hydrogens (tertiary/aromatic N) is 2. The number of fused-ring (bicyclic) bond motifs is 2. The average Bonchev–Trinajstić information content (AvgIpc) is 3.09. The summed E-state index contributed by atoms with van der Waals surface area (Å²) in [5.74, 6) is 0.932. The minimum atomic E-state index is -0.307. The summed E-state index contributed by atoms with van der Waals surface area (Å²) in [6, 6.07) is 7.97. The van der Waals surface area contributed by atoms with Crippen LogP contribution in [0, 0.1) is 0 Å². The number of thioether (sulfide) groups is 1. The molecule has 3 heterocycles. The van der Waals surface area contributed by atoms with E-state index < -0.39 is 0 Å². The first kappa shape index (κ1) is 14.1. The highest BCUT2D eigenvalue weighted by Crippen LogP contribution is 2.48. The lowest BCUT2D eigenvalue weighted by Gasteiger charge is -2.33. The van der Waals surface area contributed by atoms with Gasteiger partial charge < -0.3 is 9.80 Å². The minimum absolute atomic E-state index is 0.0870. The molecular weight excluding hydrogens is 296 g/mol. The van der Waals surface area contributed by atoms with Gasteiger partial charge in [0.25, 0.3) is 5.91 Å². The van der Waals surface area contributed by atoms with Crippen molar-refractivity contribution in [1.82, 2.24) is 4.90 Å². The molecule has 2 fully saturated rings. The normalized spacial score (nSPS) is 33.3. The lowest BCUT2D eigenvalue weighted by molar-refractivity contribution is -0.136. The Hall–Kier alpha value is -1.49. The molecule has 0 aliphatic carbocycles. The molecule has 2 amide bonds. The topological polar surface area (TPSA) is 40.6 Å². The first-order chi connectivity index (χ1) is 10.5. The van der Waals surface area contributed by atoms with E-state index in [1.54, 1.807) is 11.8 Å². The summed E-state index contributed by atoms with van der Waals surface area (Å²) in [6.07, 6.45) is 2.32. The quantitative estimate of drug-likeness (QED) is 0.799. The molecular formula is C17H20N2O2S. The molecule has 0 bridgehead atoms. The number of amides is 2. The maximum atomic E-state index is 13.2. The maximum absolute atomic E-state index is 13.2. The van der Waals surface area contributed by atoms with Gasteiger partial charge in [-0.25, -0.2) is 0 Å². The molecule has 2 saturated heterocycles. The van der Waals surface area contributed by atoms with Crippen molar-refractivity contribution in [2.24, 2.45) is 0 Å². The molecule has 5 heteroatoms. The number of anilines is 1. The summed E-state index contributed by atoms with van der Waals surface area (Å²) in [5.41, 5.74) is 2.25. The highest BCUT2D eigenvalue weighted by atomic mass is 32.2. The molecule has 0 radical (unpaired) electrons. The van der Waals surface area contributed by atoms with Gasteiger partial charge in [0.2, 0.25) is 5.91 Å². The largest absolute Gasteiger partial charge is 0.315 e. The zero-order valence-electron chi connectivity index (χ0n) is 12.9. The van der Waals surface area contributed by atoms with Gasteiger partial charge in [-0.1, -0.05) is 18.2 Å². The molecule has 22 heavy (non-hydrogen) atoms. The average molecular weight is 316 g/mol. The second-order valence-corrected chi connectivity index (χ2v) is 8.16. The van der Waals surface area contributed by atoms with Crippen LogP contribution in [0.5, 0.6) is 0 Å². The predicted octanol–water partition coefficient (Wildman–Crippen LogP) is 2.42. The van der Waals surface area contributed by atoms with Gasteiger partial charge >= 0.3 is 0 Å². The Kier molecular flexibility index (Phi) is 3.05. The Morgan fingerprint density at radius 3 is 2.95 bits per heavy atom. The van der Waals surface area contributed by atoms with Crippen molar-refractivity contribution in [1.29, 1.82) is 0 Å². The molecule has 0 N–H and O–H groups in total. The number of carbonyl (C=O) groups excluding carboxylic acids is 2. The van der Waals surface area contributed by atoms with Gasteiger partial charge in [-0.15, -0.1) is 11.8 Å². The summed E-state index contributed by atoms with van der Waals surface area (Å²) in [6.45, 7) is 4.18. The Labute approximate surface area is 134 Å². The second kappa shape index (κ2) is 4.75. The van der Waals surface area contributed by atoms with Crippen LogP contribution in [0.4, 0.5) is 5.69 Å². The zero-order chi connectivity index (χ0) is 15.5. The molecule has 4 nitrogen and oxygen atoms in total. The van der Waals surface area contributed by atoms with Gasteiger partial charge in [0.05, 0.1) is 4.87 Å². The number of benzene rings is 1. The number of hydrogen-bond donors (Lipinski definition) is 0. The lowest BCUT2D eigenvalue weighted by atomic mass is 10.1. The third-order valence-corrected chi connectivity index (χ3v) is 6.68. The molecule has 3 aliphatic rings. The third kappa shape index (κ3) is 1.84.